The number of methoxy groups -OCH3 is 1. The molecule has 0 saturated carbocycles. The highest BCUT2D eigenvalue weighted by molar-refractivity contribution is 5.68. The number of esters is 1. The summed E-state index contributed by atoms with van der Waals surface area (Å²) in [6, 6.07) is 0. The third kappa shape index (κ3) is 13.9. The van der Waals surface area contributed by atoms with E-state index in [9.17, 15) is 9.90 Å². The van der Waals surface area contributed by atoms with Gasteiger partial charge in [-0.05, 0) is 19.3 Å². The van der Waals surface area contributed by atoms with Gasteiger partial charge in [0.2, 0.25) is 0 Å². The van der Waals surface area contributed by atoms with Crippen molar-refractivity contribution in [3.8, 4) is 0 Å². The van der Waals surface area contributed by atoms with E-state index >= 15 is 0 Å². The molecule has 0 radical (unpaired) electrons. The minimum absolute atomic E-state index is 0.105. The molecule has 0 aliphatic rings. The number of rotatable bonds is 14. The second kappa shape index (κ2) is 14.8. The van der Waals surface area contributed by atoms with E-state index in [-0.39, 0.29) is 12.1 Å². The van der Waals surface area contributed by atoms with E-state index in [1.807, 2.05) is 0 Å². The standard InChI is InChI=1S/C17H34O3/c1-3-4-5-7-10-13-16(18)14-11-8-6-9-12-15-17(19)20-2/h16,18H,3-15H2,1-2H3/t16-/m1/s1. The molecule has 120 valence electrons. The van der Waals surface area contributed by atoms with E-state index < -0.39 is 0 Å². The Morgan fingerprint density at radius 3 is 1.95 bits per heavy atom. The van der Waals surface area contributed by atoms with Crippen LogP contribution in [-0.4, -0.2) is 24.3 Å². The largest absolute Gasteiger partial charge is 0.469 e. The highest BCUT2D eigenvalue weighted by Gasteiger charge is 2.04. The molecule has 0 bridgehead atoms. The molecule has 3 nitrogen and oxygen atoms in total. The lowest BCUT2D eigenvalue weighted by molar-refractivity contribution is -0.140. The van der Waals surface area contributed by atoms with E-state index in [0.717, 1.165) is 44.9 Å². The molecule has 1 N–H and O–H groups in total. The molecule has 0 unspecified atom stereocenters. The van der Waals surface area contributed by atoms with Gasteiger partial charge in [0.1, 0.15) is 0 Å². The molecule has 1 atom stereocenters. The van der Waals surface area contributed by atoms with Crippen LogP contribution in [0, 0.1) is 0 Å². The Morgan fingerprint density at radius 2 is 1.40 bits per heavy atom. The number of aliphatic hydroxyl groups is 1. The van der Waals surface area contributed by atoms with Gasteiger partial charge in [-0.1, -0.05) is 64.7 Å². The van der Waals surface area contributed by atoms with E-state index in [0.29, 0.717) is 6.42 Å². The third-order valence-electron chi connectivity index (χ3n) is 3.79. The number of carbonyl (C=O) groups is 1. The van der Waals surface area contributed by atoms with Crippen molar-refractivity contribution in [2.24, 2.45) is 0 Å². The zero-order valence-corrected chi connectivity index (χ0v) is 13.5. The van der Waals surface area contributed by atoms with E-state index in [2.05, 4.69) is 11.7 Å². The van der Waals surface area contributed by atoms with Gasteiger partial charge < -0.3 is 9.84 Å². The molecule has 0 heterocycles. The van der Waals surface area contributed by atoms with Gasteiger partial charge in [-0.25, -0.2) is 0 Å². The fourth-order valence-corrected chi connectivity index (χ4v) is 2.41. The summed E-state index contributed by atoms with van der Waals surface area (Å²) < 4.78 is 4.60. The molecule has 0 aromatic rings. The number of unbranched alkanes of at least 4 members (excludes halogenated alkanes) is 8. The van der Waals surface area contributed by atoms with Gasteiger partial charge in [-0.3, -0.25) is 4.79 Å². The smallest absolute Gasteiger partial charge is 0.305 e. The lowest BCUT2D eigenvalue weighted by Crippen LogP contribution is -2.06. The summed E-state index contributed by atoms with van der Waals surface area (Å²) in [5.74, 6) is -0.108. The van der Waals surface area contributed by atoms with Crippen molar-refractivity contribution in [2.45, 2.75) is 96.5 Å². The Kier molecular flexibility index (Phi) is 14.4. The zero-order chi connectivity index (χ0) is 15.1. The highest BCUT2D eigenvalue weighted by Crippen LogP contribution is 2.13. The van der Waals surface area contributed by atoms with Gasteiger partial charge in [0.05, 0.1) is 13.2 Å². The SMILES string of the molecule is CCCCCCC[C@@H](O)CCCCCCCC(=O)OC. The van der Waals surface area contributed by atoms with Crippen molar-refractivity contribution in [1.29, 1.82) is 0 Å². The first-order valence-electron chi connectivity index (χ1n) is 8.45. The van der Waals surface area contributed by atoms with Crippen LogP contribution in [0.2, 0.25) is 0 Å². The van der Waals surface area contributed by atoms with Crippen LogP contribution in [0.1, 0.15) is 90.4 Å². The van der Waals surface area contributed by atoms with Crippen LogP contribution in [0.25, 0.3) is 0 Å². The molecule has 0 aromatic heterocycles. The van der Waals surface area contributed by atoms with Crippen LogP contribution in [0.15, 0.2) is 0 Å². The predicted molar refractivity (Wildman–Crippen MR) is 83.7 cm³/mol. The quantitative estimate of drug-likeness (QED) is 0.374. The first-order chi connectivity index (χ1) is 9.70. The van der Waals surface area contributed by atoms with E-state index in [1.165, 1.54) is 39.2 Å². The Bertz CT molecular complexity index is 216. The minimum Gasteiger partial charge on any atom is -0.469 e. The zero-order valence-electron chi connectivity index (χ0n) is 13.5. The Labute approximate surface area is 125 Å². The van der Waals surface area contributed by atoms with Crippen LogP contribution < -0.4 is 0 Å². The highest BCUT2D eigenvalue weighted by atomic mass is 16.5. The minimum atomic E-state index is -0.108. The van der Waals surface area contributed by atoms with Crippen molar-refractivity contribution >= 4 is 5.97 Å². The predicted octanol–water partition coefficient (Wildman–Crippen LogP) is 4.61. The summed E-state index contributed by atoms with van der Waals surface area (Å²) >= 11 is 0. The summed E-state index contributed by atoms with van der Waals surface area (Å²) in [7, 11) is 1.44. The Morgan fingerprint density at radius 1 is 0.900 bits per heavy atom. The molecule has 0 aliphatic carbocycles. The summed E-state index contributed by atoms with van der Waals surface area (Å²) in [5.41, 5.74) is 0. The fraction of sp³-hybridized carbons (Fsp3) is 0.941. The lowest BCUT2D eigenvalue weighted by atomic mass is 10.0. The van der Waals surface area contributed by atoms with E-state index in [1.54, 1.807) is 0 Å². The maximum Gasteiger partial charge on any atom is 0.305 e. The van der Waals surface area contributed by atoms with Gasteiger partial charge in [0.25, 0.3) is 0 Å². The molecule has 0 rings (SSSR count). The molecule has 20 heavy (non-hydrogen) atoms. The molecule has 0 amide bonds. The summed E-state index contributed by atoms with van der Waals surface area (Å²) in [4.78, 5) is 10.9. The molecule has 0 aromatic carbocycles. The number of hydrogen-bond donors (Lipinski definition) is 1. The Hall–Kier alpha value is -0.570. The van der Waals surface area contributed by atoms with Crippen LogP contribution in [-0.2, 0) is 9.53 Å². The monoisotopic (exact) mass is 286 g/mol. The van der Waals surface area contributed by atoms with Crippen LogP contribution in [0.5, 0.6) is 0 Å². The first-order valence-corrected chi connectivity index (χ1v) is 8.45. The third-order valence-corrected chi connectivity index (χ3v) is 3.79. The van der Waals surface area contributed by atoms with Gasteiger partial charge in [-0.15, -0.1) is 0 Å². The fourth-order valence-electron chi connectivity index (χ4n) is 2.41. The van der Waals surface area contributed by atoms with Crippen molar-refractivity contribution in [1.82, 2.24) is 0 Å². The van der Waals surface area contributed by atoms with Crippen molar-refractivity contribution in [3.63, 3.8) is 0 Å². The molecular formula is C17H34O3. The molecule has 3 heteroatoms. The molecule has 0 saturated heterocycles. The van der Waals surface area contributed by atoms with Gasteiger partial charge >= 0.3 is 5.97 Å². The van der Waals surface area contributed by atoms with Gasteiger partial charge in [0, 0.05) is 6.42 Å². The van der Waals surface area contributed by atoms with Crippen molar-refractivity contribution < 1.29 is 14.6 Å². The van der Waals surface area contributed by atoms with Crippen LogP contribution >= 0.6 is 0 Å². The number of hydrogen-bond acceptors (Lipinski definition) is 3. The molecule has 0 spiro atoms. The first kappa shape index (κ1) is 19.4. The van der Waals surface area contributed by atoms with Crippen molar-refractivity contribution in [2.75, 3.05) is 7.11 Å². The van der Waals surface area contributed by atoms with Crippen molar-refractivity contribution in [3.05, 3.63) is 0 Å². The summed E-state index contributed by atoms with van der Waals surface area (Å²) in [5, 5.41) is 9.85. The number of carbonyl (C=O) groups excluding carboxylic acids is 1. The van der Waals surface area contributed by atoms with Gasteiger partial charge in [0.15, 0.2) is 0 Å². The molecule has 0 aliphatic heterocycles. The lowest BCUT2D eigenvalue weighted by Gasteiger charge is -2.10. The van der Waals surface area contributed by atoms with Gasteiger partial charge in [-0.2, -0.15) is 0 Å². The molecular weight excluding hydrogens is 252 g/mol. The number of ether oxygens (including phenoxy) is 1. The number of aliphatic hydroxyl groups excluding tert-OH is 1. The molecule has 0 fully saturated rings. The average molecular weight is 286 g/mol. The summed E-state index contributed by atoms with van der Waals surface area (Å²) in [6.45, 7) is 2.22. The normalized spacial score (nSPS) is 12.3. The van der Waals surface area contributed by atoms with Crippen LogP contribution in [0.3, 0.4) is 0 Å². The average Bonchev–Trinajstić information content (AvgIpc) is 2.45. The maximum absolute atomic E-state index is 10.9. The second-order valence-corrected chi connectivity index (χ2v) is 5.74. The Balaban J connectivity index is 3.18. The van der Waals surface area contributed by atoms with E-state index in [4.69, 9.17) is 0 Å². The van der Waals surface area contributed by atoms with Crippen LogP contribution in [0.4, 0.5) is 0 Å². The second-order valence-electron chi connectivity index (χ2n) is 5.74. The maximum atomic E-state index is 10.9. The topological polar surface area (TPSA) is 46.5 Å². The summed E-state index contributed by atoms with van der Waals surface area (Å²) in [6.07, 6.45) is 14.1.